The zero-order valence-corrected chi connectivity index (χ0v) is 18.7. The number of hydrogen-bond acceptors (Lipinski definition) is 5. The van der Waals surface area contributed by atoms with E-state index < -0.39 is 0 Å². The molecule has 0 bridgehead atoms. The third-order valence-electron chi connectivity index (χ3n) is 5.54. The lowest BCUT2D eigenvalue weighted by atomic mass is 10.1. The van der Waals surface area contributed by atoms with Crippen molar-refractivity contribution in [2.45, 2.75) is 30.8 Å². The molecule has 0 N–H and O–H groups in total. The van der Waals surface area contributed by atoms with Crippen molar-refractivity contribution in [1.29, 1.82) is 0 Å². The first-order valence-corrected chi connectivity index (χ1v) is 11.9. The molecule has 0 saturated carbocycles. The summed E-state index contributed by atoms with van der Waals surface area (Å²) in [6.07, 6.45) is 0.910. The summed E-state index contributed by atoms with van der Waals surface area (Å²) in [7, 11) is 2.13. The number of fused-ring (bicyclic) bond motifs is 3. The van der Waals surface area contributed by atoms with Crippen LogP contribution in [-0.4, -0.2) is 28.0 Å². The number of hydrogen-bond donors (Lipinski definition) is 0. The summed E-state index contributed by atoms with van der Waals surface area (Å²) in [6.45, 7) is 3.94. The minimum Gasteiger partial charge on any atom is -0.301 e. The summed E-state index contributed by atoms with van der Waals surface area (Å²) in [5, 5.41) is 1.57. The zero-order valence-electron chi connectivity index (χ0n) is 17.1. The SMILES string of the molecule is Cc1ccc(-n2c(SCc3ccccc3)nc3sc4c(c3c2=O)CCN(C)C4)cc1. The van der Waals surface area contributed by atoms with Gasteiger partial charge in [-0.15, -0.1) is 11.3 Å². The maximum Gasteiger partial charge on any atom is 0.267 e. The van der Waals surface area contributed by atoms with Gasteiger partial charge in [0.15, 0.2) is 5.16 Å². The van der Waals surface area contributed by atoms with Crippen LogP contribution in [0.25, 0.3) is 15.9 Å². The first kappa shape index (κ1) is 19.5. The lowest BCUT2D eigenvalue weighted by Crippen LogP contribution is -2.27. The maximum absolute atomic E-state index is 13.8. The molecule has 6 heteroatoms. The molecule has 0 saturated heterocycles. The van der Waals surface area contributed by atoms with Crippen LogP contribution in [0.4, 0.5) is 0 Å². The van der Waals surface area contributed by atoms with Gasteiger partial charge in [0.1, 0.15) is 4.83 Å². The highest BCUT2D eigenvalue weighted by Crippen LogP contribution is 2.34. The van der Waals surface area contributed by atoms with Gasteiger partial charge in [-0.3, -0.25) is 9.36 Å². The van der Waals surface area contributed by atoms with E-state index in [1.54, 1.807) is 27.7 Å². The maximum atomic E-state index is 13.8. The third kappa shape index (κ3) is 3.60. The first-order valence-electron chi connectivity index (χ1n) is 10.1. The molecular weight excluding hydrogens is 410 g/mol. The number of nitrogens with zero attached hydrogens (tertiary/aromatic N) is 3. The quantitative estimate of drug-likeness (QED) is 0.334. The van der Waals surface area contributed by atoms with Crippen molar-refractivity contribution in [2.75, 3.05) is 13.6 Å². The zero-order chi connectivity index (χ0) is 20.7. The van der Waals surface area contributed by atoms with E-state index in [1.165, 1.54) is 21.6 Å². The summed E-state index contributed by atoms with van der Waals surface area (Å²) in [5.41, 5.74) is 4.53. The van der Waals surface area contributed by atoms with Gasteiger partial charge in [-0.2, -0.15) is 0 Å². The molecule has 0 amide bonds. The van der Waals surface area contributed by atoms with Crippen LogP contribution in [0.2, 0.25) is 0 Å². The predicted octanol–water partition coefficient (Wildman–Crippen LogP) is 5.04. The molecule has 0 aliphatic carbocycles. The van der Waals surface area contributed by atoms with Crippen LogP contribution >= 0.6 is 23.1 Å². The molecule has 4 nitrogen and oxygen atoms in total. The molecule has 4 aromatic rings. The summed E-state index contributed by atoms with van der Waals surface area (Å²) < 4.78 is 1.81. The van der Waals surface area contributed by atoms with Crippen molar-refractivity contribution in [3.05, 3.63) is 86.5 Å². The van der Waals surface area contributed by atoms with Gasteiger partial charge in [0.2, 0.25) is 0 Å². The Morgan fingerprint density at radius 2 is 1.87 bits per heavy atom. The van der Waals surface area contributed by atoms with E-state index in [0.29, 0.717) is 0 Å². The average molecular weight is 434 g/mol. The molecule has 1 aliphatic rings. The number of thiophene rings is 1. The van der Waals surface area contributed by atoms with E-state index in [9.17, 15) is 4.79 Å². The lowest BCUT2D eigenvalue weighted by molar-refractivity contribution is 0.318. The van der Waals surface area contributed by atoms with E-state index >= 15 is 0 Å². The van der Waals surface area contributed by atoms with Crippen LogP contribution in [0, 0.1) is 6.92 Å². The average Bonchev–Trinajstić information content (AvgIpc) is 3.11. The van der Waals surface area contributed by atoms with E-state index in [1.807, 2.05) is 30.3 Å². The second kappa shape index (κ2) is 8.02. The molecule has 30 heavy (non-hydrogen) atoms. The Morgan fingerprint density at radius 1 is 1.10 bits per heavy atom. The Kier molecular flexibility index (Phi) is 5.23. The fraction of sp³-hybridized carbons (Fsp3) is 0.250. The van der Waals surface area contributed by atoms with Gasteiger partial charge in [0.05, 0.1) is 11.1 Å². The fourth-order valence-corrected chi connectivity index (χ4v) is 6.20. The van der Waals surface area contributed by atoms with Crippen molar-refractivity contribution in [3.8, 4) is 5.69 Å². The molecule has 0 unspecified atom stereocenters. The highest BCUT2D eigenvalue weighted by atomic mass is 32.2. The molecule has 0 fully saturated rings. The topological polar surface area (TPSA) is 38.1 Å². The van der Waals surface area contributed by atoms with Crippen LogP contribution < -0.4 is 5.56 Å². The molecule has 0 atom stereocenters. The van der Waals surface area contributed by atoms with Gasteiger partial charge < -0.3 is 4.90 Å². The van der Waals surface area contributed by atoms with E-state index in [-0.39, 0.29) is 5.56 Å². The minimum atomic E-state index is 0.0569. The predicted molar refractivity (Wildman–Crippen MR) is 126 cm³/mol. The Hall–Kier alpha value is -2.41. The van der Waals surface area contributed by atoms with Gasteiger partial charge >= 0.3 is 0 Å². The van der Waals surface area contributed by atoms with Gasteiger partial charge in [0, 0.05) is 23.7 Å². The molecular formula is C24H23N3OS2. The summed E-state index contributed by atoms with van der Waals surface area (Å²) in [5.74, 6) is 0.776. The molecule has 2 aromatic heterocycles. The minimum absolute atomic E-state index is 0.0569. The number of likely N-dealkylation sites (N-methyl/N-ethyl adjacent to an activating group) is 1. The standard InChI is InChI=1S/C24H23N3OS2/c1-16-8-10-18(11-9-16)27-23(28)21-19-12-13-26(2)14-20(19)30-22(21)25-24(27)29-15-17-6-4-3-5-7-17/h3-11H,12-15H2,1-2H3. The summed E-state index contributed by atoms with van der Waals surface area (Å²) >= 11 is 3.30. The second-order valence-electron chi connectivity index (χ2n) is 7.82. The summed E-state index contributed by atoms with van der Waals surface area (Å²) in [4.78, 5) is 23.2. The Bertz CT molecular complexity index is 1260. The van der Waals surface area contributed by atoms with Crippen LogP contribution in [0.3, 0.4) is 0 Å². The molecule has 5 rings (SSSR count). The van der Waals surface area contributed by atoms with Crippen molar-refractivity contribution in [2.24, 2.45) is 0 Å². The smallest absolute Gasteiger partial charge is 0.267 e. The summed E-state index contributed by atoms with van der Waals surface area (Å²) in [6, 6.07) is 18.5. The van der Waals surface area contributed by atoms with Crippen LogP contribution in [-0.2, 0) is 18.7 Å². The molecule has 1 aliphatic heterocycles. The number of thioether (sulfide) groups is 1. The Balaban J connectivity index is 1.67. The molecule has 152 valence electrons. The second-order valence-corrected chi connectivity index (χ2v) is 9.84. The van der Waals surface area contributed by atoms with Crippen LogP contribution in [0.15, 0.2) is 64.5 Å². The van der Waals surface area contributed by atoms with Gasteiger partial charge in [-0.1, -0.05) is 59.8 Å². The Morgan fingerprint density at radius 3 is 2.63 bits per heavy atom. The first-order chi connectivity index (χ1) is 14.6. The Labute approximate surface area is 184 Å². The lowest BCUT2D eigenvalue weighted by Gasteiger charge is -2.21. The van der Waals surface area contributed by atoms with Crippen molar-refractivity contribution in [1.82, 2.24) is 14.5 Å². The monoisotopic (exact) mass is 433 g/mol. The highest BCUT2D eigenvalue weighted by molar-refractivity contribution is 7.98. The van der Waals surface area contributed by atoms with Gasteiger partial charge in [-0.05, 0) is 43.7 Å². The molecule has 0 radical (unpaired) electrons. The van der Waals surface area contributed by atoms with E-state index in [0.717, 1.165) is 46.3 Å². The van der Waals surface area contributed by atoms with Gasteiger partial charge in [-0.25, -0.2) is 4.98 Å². The largest absolute Gasteiger partial charge is 0.301 e. The highest BCUT2D eigenvalue weighted by Gasteiger charge is 2.24. The van der Waals surface area contributed by atoms with Crippen molar-refractivity contribution >= 4 is 33.3 Å². The third-order valence-corrected chi connectivity index (χ3v) is 7.66. The number of aryl methyl sites for hydroxylation is 1. The molecule has 0 spiro atoms. The van der Waals surface area contributed by atoms with E-state index in [2.05, 4.69) is 43.1 Å². The number of aromatic nitrogens is 2. The number of benzene rings is 2. The van der Waals surface area contributed by atoms with Crippen LogP contribution in [0.1, 0.15) is 21.6 Å². The van der Waals surface area contributed by atoms with Gasteiger partial charge in [0.25, 0.3) is 5.56 Å². The molecule has 3 heterocycles. The van der Waals surface area contributed by atoms with Crippen molar-refractivity contribution < 1.29 is 0 Å². The van der Waals surface area contributed by atoms with Crippen molar-refractivity contribution in [3.63, 3.8) is 0 Å². The number of rotatable bonds is 4. The fourth-order valence-electron chi connectivity index (χ4n) is 3.89. The normalized spacial score (nSPS) is 14.2. The molecule has 2 aromatic carbocycles. The van der Waals surface area contributed by atoms with E-state index in [4.69, 9.17) is 4.98 Å². The van der Waals surface area contributed by atoms with Crippen LogP contribution in [0.5, 0.6) is 0 Å².